The van der Waals surface area contributed by atoms with E-state index in [1.807, 2.05) is 11.3 Å². The molecular formula is C53H31N3S2. The maximum absolute atomic E-state index is 5.36. The van der Waals surface area contributed by atoms with E-state index in [0.29, 0.717) is 0 Å². The van der Waals surface area contributed by atoms with Crippen molar-refractivity contribution in [2.75, 3.05) is 0 Å². The molecule has 13 rings (SSSR count). The van der Waals surface area contributed by atoms with Gasteiger partial charge in [-0.2, -0.15) is 0 Å². The van der Waals surface area contributed by atoms with E-state index in [0.717, 1.165) is 16.2 Å². The van der Waals surface area contributed by atoms with Gasteiger partial charge in [-0.25, -0.2) is 4.98 Å². The van der Waals surface area contributed by atoms with E-state index in [4.69, 9.17) is 4.98 Å². The molecule has 9 aromatic carbocycles. The lowest BCUT2D eigenvalue weighted by Gasteiger charge is -2.08. The molecule has 0 saturated heterocycles. The van der Waals surface area contributed by atoms with Crippen LogP contribution in [0.4, 0.5) is 0 Å². The summed E-state index contributed by atoms with van der Waals surface area (Å²) in [6, 6.07) is 68.8. The lowest BCUT2D eigenvalue weighted by Crippen LogP contribution is -1.93. The Labute approximate surface area is 340 Å². The molecule has 4 heterocycles. The van der Waals surface area contributed by atoms with Crippen LogP contribution >= 0.6 is 22.7 Å². The second-order valence-corrected chi connectivity index (χ2v) is 17.2. The number of hydrogen-bond acceptors (Lipinski definition) is 3. The molecule has 0 unspecified atom stereocenters. The van der Waals surface area contributed by atoms with Crippen LogP contribution < -0.4 is 0 Å². The molecule has 3 nitrogen and oxygen atoms in total. The number of thiophene rings is 1. The minimum absolute atomic E-state index is 0.988. The Morgan fingerprint density at radius 2 is 0.914 bits per heavy atom. The summed E-state index contributed by atoms with van der Waals surface area (Å²) in [5.41, 5.74) is 11.8. The van der Waals surface area contributed by atoms with E-state index in [1.165, 1.54) is 102 Å². The van der Waals surface area contributed by atoms with Crippen molar-refractivity contribution in [1.29, 1.82) is 0 Å². The molecule has 0 aliphatic rings. The van der Waals surface area contributed by atoms with Gasteiger partial charge < -0.3 is 4.57 Å². The Morgan fingerprint density at radius 1 is 0.362 bits per heavy atom. The van der Waals surface area contributed by atoms with E-state index in [1.54, 1.807) is 11.3 Å². The predicted octanol–water partition coefficient (Wildman–Crippen LogP) is 15.3. The first-order valence-corrected chi connectivity index (χ1v) is 21.2. The van der Waals surface area contributed by atoms with Crippen LogP contribution in [0, 0.1) is 0 Å². The van der Waals surface area contributed by atoms with Gasteiger partial charge in [0.15, 0.2) is 5.13 Å². The summed E-state index contributed by atoms with van der Waals surface area (Å²) >= 11 is 3.66. The van der Waals surface area contributed by atoms with Crippen LogP contribution in [-0.4, -0.2) is 14.1 Å². The quantitative estimate of drug-likeness (QED) is 0.175. The summed E-state index contributed by atoms with van der Waals surface area (Å²) in [7, 11) is 0. The van der Waals surface area contributed by atoms with Gasteiger partial charge in [0, 0.05) is 47.4 Å². The number of rotatable bonds is 4. The van der Waals surface area contributed by atoms with Crippen molar-refractivity contribution in [2.24, 2.45) is 0 Å². The largest absolute Gasteiger partial charge is 0.309 e. The standard InChI is InChI=1S/C53H31N3S2/c1-2-12-38(13-3-1)55-45-16-8-6-14-39(45)41-29-35(20-24-47(41)55)36-21-25-48-42(30-36)40-15-7-9-17-46(40)56(48)53-54-44-23-27-50-51(52(44)58-53)43-31-37(22-26-49(43)57-50)34-19-18-32-10-4-5-11-33(32)28-34/h1-31H. The lowest BCUT2D eigenvalue weighted by molar-refractivity contribution is 1.15. The molecule has 0 aliphatic carbocycles. The molecule has 0 atom stereocenters. The fourth-order valence-corrected chi connectivity index (χ4v) is 11.6. The highest BCUT2D eigenvalue weighted by atomic mass is 32.1. The smallest absolute Gasteiger partial charge is 0.195 e. The summed E-state index contributed by atoms with van der Waals surface area (Å²) in [5, 5.41) is 11.1. The molecule has 0 amide bonds. The van der Waals surface area contributed by atoms with Gasteiger partial charge in [-0.1, -0.05) is 121 Å². The summed E-state index contributed by atoms with van der Waals surface area (Å²) in [6.45, 7) is 0. The molecule has 0 N–H and O–H groups in total. The van der Waals surface area contributed by atoms with Gasteiger partial charge in [-0.3, -0.25) is 4.57 Å². The van der Waals surface area contributed by atoms with Crippen LogP contribution in [0.1, 0.15) is 0 Å². The van der Waals surface area contributed by atoms with Crippen LogP contribution in [-0.2, 0) is 0 Å². The number of para-hydroxylation sites is 3. The van der Waals surface area contributed by atoms with Crippen LogP contribution in [0.25, 0.3) is 118 Å². The average Bonchev–Trinajstić information content (AvgIpc) is 4.05. The second kappa shape index (κ2) is 12.2. The van der Waals surface area contributed by atoms with Crippen molar-refractivity contribution < 1.29 is 0 Å². The van der Waals surface area contributed by atoms with Crippen molar-refractivity contribution in [3.8, 4) is 33.1 Å². The molecule has 0 fully saturated rings. The number of aromatic nitrogens is 3. The van der Waals surface area contributed by atoms with Gasteiger partial charge in [0.2, 0.25) is 0 Å². The fraction of sp³-hybridized carbons (Fsp3) is 0. The van der Waals surface area contributed by atoms with E-state index in [-0.39, 0.29) is 0 Å². The number of hydrogen-bond donors (Lipinski definition) is 0. The number of fused-ring (bicyclic) bond motifs is 12. The van der Waals surface area contributed by atoms with Crippen LogP contribution in [0.3, 0.4) is 0 Å². The highest BCUT2D eigenvalue weighted by Gasteiger charge is 2.20. The lowest BCUT2D eigenvalue weighted by atomic mass is 9.99. The maximum atomic E-state index is 5.36. The normalized spacial score (nSPS) is 12.1. The maximum Gasteiger partial charge on any atom is 0.195 e. The van der Waals surface area contributed by atoms with Gasteiger partial charge in [0.25, 0.3) is 0 Å². The van der Waals surface area contributed by atoms with Crippen molar-refractivity contribution in [3.63, 3.8) is 0 Å². The second-order valence-electron chi connectivity index (χ2n) is 15.2. The molecule has 0 saturated carbocycles. The third-order valence-corrected chi connectivity index (χ3v) is 14.2. The monoisotopic (exact) mass is 773 g/mol. The number of nitrogens with zero attached hydrogens (tertiary/aromatic N) is 3. The van der Waals surface area contributed by atoms with Crippen LogP contribution in [0.15, 0.2) is 188 Å². The summed E-state index contributed by atoms with van der Waals surface area (Å²) in [6.07, 6.45) is 0. The summed E-state index contributed by atoms with van der Waals surface area (Å²) in [4.78, 5) is 5.36. The molecule has 4 aromatic heterocycles. The zero-order valence-electron chi connectivity index (χ0n) is 31.1. The Hall–Kier alpha value is -7.05. The summed E-state index contributed by atoms with van der Waals surface area (Å²) in [5.74, 6) is 0. The van der Waals surface area contributed by atoms with Crippen molar-refractivity contribution in [2.45, 2.75) is 0 Å². The summed E-state index contributed by atoms with van der Waals surface area (Å²) < 4.78 is 8.58. The highest BCUT2D eigenvalue weighted by Crippen LogP contribution is 2.45. The number of thiazole rings is 1. The molecule has 58 heavy (non-hydrogen) atoms. The molecular weight excluding hydrogens is 743 g/mol. The van der Waals surface area contributed by atoms with Crippen molar-refractivity contribution in [1.82, 2.24) is 14.1 Å². The molecule has 0 bridgehead atoms. The van der Waals surface area contributed by atoms with Gasteiger partial charge in [0.1, 0.15) is 0 Å². The molecule has 0 radical (unpaired) electrons. The topological polar surface area (TPSA) is 22.8 Å². The first-order chi connectivity index (χ1) is 28.7. The highest BCUT2D eigenvalue weighted by molar-refractivity contribution is 7.28. The Morgan fingerprint density at radius 3 is 1.67 bits per heavy atom. The average molecular weight is 774 g/mol. The van der Waals surface area contributed by atoms with Gasteiger partial charge in [0.05, 0.1) is 32.3 Å². The van der Waals surface area contributed by atoms with E-state index in [9.17, 15) is 0 Å². The fourth-order valence-electron chi connectivity index (χ4n) is 9.25. The van der Waals surface area contributed by atoms with Crippen LogP contribution in [0.5, 0.6) is 0 Å². The van der Waals surface area contributed by atoms with Crippen molar-refractivity contribution >= 4 is 107 Å². The Kier molecular flexibility index (Phi) is 6.76. The third-order valence-electron chi connectivity index (χ3n) is 11.9. The first-order valence-electron chi connectivity index (χ1n) is 19.6. The Bertz CT molecular complexity index is 3810. The SMILES string of the molecule is c1ccc(-n2c3ccccc3c3cc(-c4ccc5c(c4)c4ccccc4n5-c4nc5ccc6sc7ccc(-c8ccc9ccccc9c8)cc7c6c5s4)ccc32)cc1. The molecule has 270 valence electrons. The molecule has 0 spiro atoms. The van der Waals surface area contributed by atoms with Crippen LogP contribution in [0.2, 0.25) is 0 Å². The van der Waals surface area contributed by atoms with Gasteiger partial charge >= 0.3 is 0 Å². The van der Waals surface area contributed by atoms with Gasteiger partial charge in [-0.15, -0.1) is 11.3 Å². The first kappa shape index (κ1) is 32.1. The molecule has 0 aliphatic heterocycles. The Balaban J connectivity index is 0.964. The van der Waals surface area contributed by atoms with E-state index >= 15 is 0 Å². The zero-order chi connectivity index (χ0) is 37.9. The predicted molar refractivity (Wildman–Crippen MR) is 250 cm³/mol. The van der Waals surface area contributed by atoms with Crippen molar-refractivity contribution in [3.05, 3.63) is 188 Å². The third kappa shape index (κ3) is 4.69. The minimum Gasteiger partial charge on any atom is -0.309 e. The molecule has 13 aromatic rings. The van der Waals surface area contributed by atoms with E-state index < -0.39 is 0 Å². The minimum atomic E-state index is 0.988. The zero-order valence-corrected chi connectivity index (χ0v) is 32.7. The van der Waals surface area contributed by atoms with E-state index in [2.05, 4.69) is 197 Å². The molecule has 5 heteroatoms. The van der Waals surface area contributed by atoms with Gasteiger partial charge in [-0.05, 0) is 112 Å². The number of benzene rings is 9.